The summed E-state index contributed by atoms with van der Waals surface area (Å²) < 4.78 is 1.73. The van der Waals surface area contributed by atoms with Crippen molar-refractivity contribution in [3.05, 3.63) is 84.3 Å². The van der Waals surface area contributed by atoms with E-state index in [0.717, 1.165) is 28.0 Å². The Morgan fingerprint density at radius 2 is 1.69 bits per heavy atom. The van der Waals surface area contributed by atoms with Crippen molar-refractivity contribution >= 4 is 17.2 Å². The van der Waals surface area contributed by atoms with Crippen molar-refractivity contribution in [3.8, 4) is 11.1 Å². The third-order valence-electron chi connectivity index (χ3n) is 4.97. The number of nitrogens with one attached hydrogen (secondary N) is 1. The van der Waals surface area contributed by atoms with Gasteiger partial charge in [0.25, 0.3) is 0 Å². The summed E-state index contributed by atoms with van der Waals surface area (Å²) in [6.07, 6.45) is 3.77. The molecule has 5 nitrogen and oxygen atoms in total. The van der Waals surface area contributed by atoms with Crippen LogP contribution in [0, 0.1) is 0 Å². The Labute approximate surface area is 170 Å². The number of fused-ring (bicyclic) bond motifs is 1. The lowest BCUT2D eigenvalue weighted by molar-refractivity contribution is -0.115. The molecule has 2 aromatic heterocycles. The Balaban J connectivity index is 1.41. The first kappa shape index (κ1) is 18.9. The van der Waals surface area contributed by atoms with E-state index in [4.69, 9.17) is 0 Å². The fraction of sp³-hybridized carbons (Fsp3) is 0.208. The number of carbonyl (C=O) groups excluding carboxylic acids is 1. The van der Waals surface area contributed by atoms with Gasteiger partial charge in [-0.25, -0.2) is 9.50 Å². The minimum atomic E-state index is -0.0221. The molecule has 2 heterocycles. The summed E-state index contributed by atoms with van der Waals surface area (Å²) in [4.78, 5) is 16.6. The first-order chi connectivity index (χ1) is 13.9. The molecule has 4 rings (SSSR count). The molecular formula is C24H24N4O. The molecule has 0 fully saturated rings. The summed E-state index contributed by atoms with van der Waals surface area (Å²) in [5, 5.41) is 7.09. The highest BCUT2D eigenvalue weighted by molar-refractivity contribution is 5.92. The van der Waals surface area contributed by atoms with Crippen LogP contribution >= 0.6 is 0 Å². The van der Waals surface area contributed by atoms with Gasteiger partial charge in [-0.05, 0) is 51.9 Å². The van der Waals surface area contributed by atoms with Gasteiger partial charge in [0.2, 0.25) is 5.91 Å². The number of hydrogen-bond acceptors (Lipinski definition) is 3. The average molecular weight is 384 g/mol. The smallest absolute Gasteiger partial charge is 0.228 e. The van der Waals surface area contributed by atoms with Crippen LogP contribution in [0.4, 0.5) is 5.69 Å². The molecule has 0 unspecified atom stereocenters. The molecule has 1 N–H and O–H groups in total. The van der Waals surface area contributed by atoms with Crippen LogP contribution in [0.15, 0.2) is 73.2 Å². The van der Waals surface area contributed by atoms with Crippen LogP contribution in [-0.2, 0) is 16.6 Å². The molecule has 2 aromatic carbocycles. The lowest BCUT2D eigenvalue weighted by atomic mass is 9.87. The van der Waals surface area contributed by atoms with E-state index in [1.165, 1.54) is 11.9 Å². The first-order valence-electron chi connectivity index (χ1n) is 9.68. The minimum absolute atomic E-state index is 0.0221. The topological polar surface area (TPSA) is 59.3 Å². The summed E-state index contributed by atoms with van der Waals surface area (Å²) in [7, 11) is 0. The molecule has 4 aromatic rings. The van der Waals surface area contributed by atoms with Crippen LogP contribution in [0.3, 0.4) is 0 Å². The molecule has 0 aliphatic rings. The number of rotatable bonds is 4. The molecule has 29 heavy (non-hydrogen) atoms. The van der Waals surface area contributed by atoms with Gasteiger partial charge >= 0.3 is 0 Å². The standard InChI is InChI=1S/C24H24N4O/c1-24(2,3)20-8-10-21(11-9-20)27-23(29)14-17-4-6-18(7-5-17)19-12-13-28-22(15-19)25-16-26-28/h4-13,15-16H,14H2,1-3H3,(H,27,29). The molecule has 0 radical (unpaired) electrons. The van der Waals surface area contributed by atoms with E-state index in [0.29, 0.717) is 6.42 Å². The van der Waals surface area contributed by atoms with E-state index in [9.17, 15) is 4.79 Å². The van der Waals surface area contributed by atoms with Gasteiger partial charge in [-0.3, -0.25) is 4.79 Å². The van der Waals surface area contributed by atoms with E-state index in [1.807, 2.05) is 54.7 Å². The molecule has 0 aliphatic heterocycles. The number of carbonyl (C=O) groups is 1. The number of nitrogens with zero attached hydrogens (tertiary/aromatic N) is 3. The van der Waals surface area contributed by atoms with Gasteiger partial charge in [0.15, 0.2) is 5.65 Å². The molecule has 0 spiro atoms. The fourth-order valence-electron chi connectivity index (χ4n) is 3.25. The molecule has 0 aliphatic carbocycles. The number of pyridine rings is 1. The van der Waals surface area contributed by atoms with Crippen molar-refractivity contribution < 1.29 is 4.79 Å². The van der Waals surface area contributed by atoms with E-state index in [-0.39, 0.29) is 11.3 Å². The summed E-state index contributed by atoms with van der Waals surface area (Å²) in [6.45, 7) is 6.53. The van der Waals surface area contributed by atoms with Crippen LogP contribution in [0.25, 0.3) is 16.8 Å². The Morgan fingerprint density at radius 3 is 2.38 bits per heavy atom. The van der Waals surface area contributed by atoms with Crippen molar-refractivity contribution in [2.75, 3.05) is 5.32 Å². The highest BCUT2D eigenvalue weighted by Crippen LogP contribution is 2.24. The van der Waals surface area contributed by atoms with Crippen LogP contribution < -0.4 is 5.32 Å². The number of amides is 1. The van der Waals surface area contributed by atoms with Crippen molar-refractivity contribution in [2.24, 2.45) is 0 Å². The van der Waals surface area contributed by atoms with Crippen LogP contribution in [-0.4, -0.2) is 20.5 Å². The number of aromatic nitrogens is 3. The van der Waals surface area contributed by atoms with Gasteiger partial charge in [0.1, 0.15) is 6.33 Å². The number of hydrogen-bond donors (Lipinski definition) is 1. The average Bonchev–Trinajstić information content (AvgIpc) is 3.16. The van der Waals surface area contributed by atoms with E-state index < -0.39 is 0 Å². The quantitative estimate of drug-likeness (QED) is 0.546. The van der Waals surface area contributed by atoms with Crippen molar-refractivity contribution in [3.63, 3.8) is 0 Å². The number of benzene rings is 2. The zero-order chi connectivity index (χ0) is 20.4. The van der Waals surface area contributed by atoms with Crippen LogP contribution in [0.1, 0.15) is 31.9 Å². The summed E-state index contributed by atoms with van der Waals surface area (Å²) in [6, 6.07) is 20.1. The fourth-order valence-corrected chi connectivity index (χ4v) is 3.25. The van der Waals surface area contributed by atoms with Crippen molar-refractivity contribution in [1.82, 2.24) is 14.6 Å². The SMILES string of the molecule is CC(C)(C)c1ccc(NC(=O)Cc2ccc(-c3ccn4ncnc4c3)cc2)cc1. The predicted octanol–water partition coefficient (Wildman–Crippen LogP) is 4.88. The van der Waals surface area contributed by atoms with Crippen molar-refractivity contribution in [1.29, 1.82) is 0 Å². The van der Waals surface area contributed by atoms with E-state index >= 15 is 0 Å². The molecule has 0 bridgehead atoms. The zero-order valence-corrected chi connectivity index (χ0v) is 16.9. The lowest BCUT2D eigenvalue weighted by Gasteiger charge is -2.19. The Bertz CT molecular complexity index is 1140. The van der Waals surface area contributed by atoms with Gasteiger partial charge in [-0.15, -0.1) is 0 Å². The predicted molar refractivity (Wildman–Crippen MR) is 116 cm³/mol. The third-order valence-corrected chi connectivity index (χ3v) is 4.97. The second-order valence-electron chi connectivity index (χ2n) is 8.23. The maximum Gasteiger partial charge on any atom is 0.228 e. The Morgan fingerprint density at radius 1 is 0.966 bits per heavy atom. The lowest BCUT2D eigenvalue weighted by Crippen LogP contribution is -2.15. The zero-order valence-electron chi connectivity index (χ0n) is 16.9. The monoisotopic (exact) mass is 384 g/mol. The Kier molecular flexibility index (Phi) is 4.89. The van der Waals surface area contributed by atoms with Gasteiger partial charge < -0.3 is 5.32 Å². The molecular weight excluding hydrogens is 360 g/mol. The summed E-state index contributed by atoms with van der Waals surface area (Å²) >= 11 is 0. The molecule has 146 valence electrons. The van der Waals surface area contributed by atoms with E-state index in [1.54, 1.807) is 4.52 Å². The van der Waals surface area contributed by atoms with Gasteiger partial charge in [-0.1, -0.05) is 57.2 Å². The number of anilines is 1. The molecule has 0 saturated heterocycles. The second-order valence-corrected chi connectivity index (χ2v) is 8.23. The minimum Gasteiger partial charge on any atom is -0.326 e. The van der Waals surface area contributed by atoms with Crippen molar-refractivity contribution in [2.45, 2.75) is 32.6 Å². The van der Waals surface area contributed by atoms with Gasteiger partial charge in [-0.2, -0.15) is 5.10 Å². The van der Waals surface area contributed by atoms with Gasteiger partial charge in [0.05, 0.1) is 6.42 Å². The maximum atomic E-state index is 12.4. The van der Waals surface area contributed by atoms with Crippen LogP contribution in [0.2, 0.25) is 0 Å². The van der Waals surface area contributed by atoms with Gasteiger partial charge in [0, 0.05) is 11.9 Å². The van der Waals surface area contributed by atoms with E-state index in [2.05, 4.69) is 48.3 Å². The highest BCUT2D eigenvalue weighted by Gasteiger charge is 2.13. The molecule has 1 amide bonds. The molecule has 0 saturated carbocycles. The third kappa shape index (κ3) is 4.35. The highest BCUT2D eigenvalue weighted by atomic mass is 16.1. The largest absolute Gasteiger partial charge is 0.326 e. The first-order valence-corrected chi connectivity index (χ1v) is 9.68. The molecule has 0 atom stereocenters. The second kappa shape index (κ2) is 7.51. The Hall–Kier alpha value is -3.47. The van der Waals surface area contributed by atoms with Crippen LogP contribution in [0.5, 0.6) is 0 Å². The summed E-state index contributed by atoms with van der Waals surface area (Å²) in [5.41, 5.74) is 6.10. The summed E-state index contributed by atoms with van der Waals surface area (Å²) in [5.74, 6) is -0.0221. The normalized spacial score (nSPS) is 11.6. The molecule has 5 heteroatoms. The maximum absolute atomic E-state index is 12.4.